The van der Waals surface area contributed by atoms with Gasteiger partial charge in [0.2, 0.25) is 0 Å². The van der Waals surface area contributed by atoms with Crippen molar-refractivity contribution in [3.63, 3.8) is 0 Å². The van der Waals surface area contributed by atoms with E-state index in [0.717, 1.165) is 49.7 Å². The van der Waals surface area contributed by atoms with Gasteiger partial charge >= 0.3 is 0 Å². The maximum absolute atomic E-state index is 9.64. The van der Waals surface area contributed by atoms with Gasteiger partial charge < -0.3 is 20.5 Å². The molecule has 1 fully saturated rings. The van der Waals surface area contributed by atoms with E-state index in [-0.39, 0.29) is 36.2 Å². The lowest BCUT2D eigenvalue weighted by atomic mass is 10.1. The second kappa shape index (κ2) is 13.6. The molecule has 32 heavy (non-hydrogen) atoms. The fourth-order valence-electron chi connectivity index (χ4n) is 3.69. The molecule has 0 radical (unpaired) electrons. The Labute approximate surface area is 209 Å². The highest BCUT2D eigenvalue weighted by Gasteiger charge is 2.16. The minimum absolute atomic E-state index is 0. The molecule has 1 aliphatic heterocycles. The highest BCUT2D eigenvalue weighted by molar-refractivity contribution is 14.0. The molecular weight excluding hydrogens is 515 g/mol. The molecular formula is C25H37IN4O2. The van der Waals surface area contributed by atoms with E-state index in [1.807, 2.05) is 18.2 Å². The highest BCUT2D eigenvalue weighted by atomic mass is 127. The van der Waals surface area contributed by atoms with Crippen molar-refractivity contribution in [2.45, 2.75) is 52.0 Å². The predicted molar refractivity (Wildman–Crippen MR) is 142 cm³/mol. The number of aliphatic hydroxyl groups is 1. The topological polar surface area (TPSA) is 69.1 Å². The number of rotatable bonds is 8. The minimum Gasteiger partial charge on any atom is -0.489 e. The van der Waals surface area contributed by atoms with Crippen LogP contribution >= 0.6 is 24.0 Å². The molecule has 0 aromatic heterocycles. The van der Waals surface area contributed by atoms with Crippen molar-refractivity contribution in [3.05, 3.63) is 65.2 Å². The van der Waals surface area contributed by atoms with Crippen LogP contribution in [0.4, 0.5) is 0 Å². The molecule has 0 aliphatic carbocycles. The number of benzene rings is 2. The fraction of sp³-hybridized carbons (Fsp3) is 0.480. The van der Waals surface area contributed by atoms with Crippen molar-refractivity contribution in [2.75, 3.05) is 26.7 Å². The van der Waals surface area contributed by atoms with Gasteiger partial charge in [0.15, 0.2) is 5.96 Å². The largest absolute Gasteiger partial charge is 0.489 e. The molecule has 2 aromatic rings. The second-order valence-corrected chi connectivity index (χ2v) is 8.32. The quantitative estimate of drug-likeness (QED) is 0.265. The van der Waals surface area contributed by atoms with E-state index >= 15 is 0 Å². The standard InChI is InChI=1S/C25H36N4O2.HI/c1-19-6-4-5-7-24(19)31-20(2)16-27-25(26-3)28-17-21-8-10-22(11-9-21)18-29-14-12-23(30)13-15-29;/h4-11,20,23,30H,12-18H2,1-3H3,(H2,26,27,28);1H. The zero-order valence-corrected chi connectivity index (χ0v) is 21.7. The molecule has 3 N–H and O–H groups in total. The summed E-state index contributed by atoms with van der Waals surface area (Å²) in [6.07, 6.45) is 1.66. The summed E-state index contributed by atoms with van der Waals surface area (Å²) in [6, 6.07) is 16.8. The Morgan fingerprint density at radius 2 is 1.75 bits per heavy atom. The van der Waals surface area contributed by atoms with Crippen molar-refractivity contribution >= 4 is 29.9 Å². The van der Waals surface area contributed by atoms with Gasteiger partial charge in [-0.05, 0) is 49.4 Å². The molecule has 1 aliphatic rings. The van der Waals surface area contributed by atoms with Crippen molar-refractivity contribution in [2.24, 2.45) is 4.99 Å². The lowest BCUT2D eigenvalue weighted by Gasteiger charge is -2.29. The molecule has 176 valence electrons. The summed E-state index contributed by atoms with van der Waals surface area (Å²) >= 11 is 0. The third-order valence-electron chi connectivity index (χ3n) is 5.65. The highest BCUT2D eigenvalue weighted by Crippen LogP contribution is 2.17. The first-order valence-corrected chi connectivity index (χ1v) is 11.2. The van der Waals surface area contributed by atoms with Gasteiger partial charge in [0.25, 0.3) is 0 Å². The molecule has 1 atom stereocenters. The number of nitrogens with zero attached hydrogens (tertiary/aromatic N) is 2. The number of guanidine groups is 1. The monoisotopic (exact) mass is 552 g/mol. The smallest absolute Gasteiger partial charge is 0.191 e. The summed E-state index contributed by atoms with van der Waals surface area (Å²) in [5, 5.41) is 16.3. The summed E-state index contributed by atoms with van der Waals surface area (Å²) in [5.41, 5.74) is 3.66. The van der Waals surface area contributed by atoms with Crippen LogP contribution in [0.1, 0.15) is 36.5 Å². The summed E-state index contributed by atoms with van der Waals surface area (Å²) in [4.78, 5) is 6.72. The van der Waals surface area contributed by atoms with E-state index in [4.69, 9.17) is 4.74 Å². The van der Waals surface area contributed by atoms with E-state index in [0.29, 0.717) is 13.1 Å². The van der Waals surface area contributed by atoms with Crippen LogP contribution in [0.5, 0.6) is 5.75 Å². The Balaban J connectivity index is 0.00000363. The lowest BCUT2D eigenvalue weighted by Crippen LogP contribution is -2.41. The van der Waals surface area contributed by atoms with Gasteiger partial charge in [0, 0.05) is 33.2 Å². The Morgan fingerprint density at radius 3 is 2.41 bits per heavy atom. The first-order chi connectivity index (χ1) is 15.0. The average molecular weight is 553 g/mol. The van der Waals surface area contributed by atoms with Gasteiger partial charge in [0.05, 0.1) is 12.6 Å². The van der Waals surface area contributed by atoms with Gasteiger partial charge in [-0.3, -0.25) is 9.89 Å². The first kappa shape index (κ1) is 26.4. The van der Waals surface area contributed by atoms with Crippen LogP contribution < -0.4 is 15.4 Å². The van der Waals surface area contributed by atoms with E-state index in [1.54, 1.807) is 7.05 Å². The maximum atomic E-state index is 9.64. The number of ether oxygens (including phenoxy) is 1. The van der Waals surface area contributed by atoms with Crippen LogP contribution in [0.2, 0.25) is 0 Å². The molecule has 0 bridgehead atoms. The molecule has 1 saturated heterocycles. The van der Waals surface area contributed by atoms with Crippen LogP contribution in [-0.4, -0.2) is 54.9 Å². The molecule has 0 amide bonds. The lowest BCUT2D eigenvalue weighted by molar-refractivity contribution is 0.0792. The Kier molecular flexibility index (Phi) is 11.3. The summed E-state index contributed by atoms with van der Waals surface area (Å²) in [6.45, 7) is 8.37. The van der Waals surface area contributed by atoms with Crippen LogP contribution in [0.15, 0.2) is 53.5 Å². The van der Waals surface area contributed by atoms with Gasteiger partial charge in [-0.25, -0.2) is 0 Å². The Morgan fingerprint density at radius 1 is 1.09 bits per heavy atom. The first-order valence-electron chi connectivity index (χ1n) is 11.2. The van der Waals surface area contributed by atoms with Gasteiger partial charge in [0.1, 0.15) is 11.9 Å². The van der Waals surface area contributed by atoms with Gasteiger partial charge in [-0.2, -0.15) is 0 Å². The van der Waals surface area contributed by atoms with Gasteiger partial charge in [-0.15, -0.1) is 24.0 Å². The maximum Gasteiger partial charge on any atom is 0.191 e. The molecule has 7 heteroatoms. The van der Waals surface area contributed by atoms with E-state index in [1.165, 1.54) is 11.1 Å². The van der Waals surface area contributed by atoms with Crippen LogP contribution in [0.25, 0.3) is 0 Å². The SMILES string of the molecule is CN=C(NCc1ccc(CN2CCC(O)CC2)cc1)NCC(C)Oc1ccccc1C.I. The predicted octanol–water partition coefficient (Wildman–Crippen LogP) is 3.70. The van der Waals surface area contributed by atoms with E-state index in [9.17, 15) is 5.11 Å². The Hall–Kier alpha value is -1.84. The number of piperidine rings is 1. The number of likely N-dealkylation sites (tertiary alicyclic amines) is 1. The number of nitrogens with one attached hydrogen (secondary N) is 2. The molecule has 1 unspecified atom stereocenters. The summed E-state index contributed by atoms with van der Waals surface area (Å²) in [7, 11) is 1.78. The van der Waals surface area contributed by atoms with E-state index in [2.05, 4.69) is 64.7 Å². The number of aliphatic imine (C=N–C) groups is 1. The summed E-state index contributed by atoms with van der Waals surface area (Å²) in [5.74, 6) is 1.68. The van der Waals surface area contributed by atoms with Crippen LogP contribution in [-0.2, 0) is 13.1 Å². The van der Waals surface area contributed by atoms with Crippen molar-refractivity contribution in [1.82, 2.24) is 15.5 Å². The minimum atomic E-state index is -0.121. The number of aliphatic hydroxyl groups excluding tert-OH is 1. The molecule has 6 nitrogen and oxygen atoms in total. The zero-order valence-electron chi connectivity index (χ0n) is 19.4. The summed E-state index contributed by atoms with van der Waals surface area (Å²) < 4.78 is 6.02. The molecule has 2 aromatic carbocycles. The number of hydrogen-bond donors (Lipinski definition) is 3. The third kappa shape index (κ3) is 8.60. The van der Waals surface area contributed by atoms with Crippen molar-refractivity contribution in [3.8, 4) is 5.75 Å². The number of halogens is 1. The van der Waals surface area contributed by atoms with E-state index < -0.39 is 0 Å². The van der Waals surface area contributed by atoms with Crippen LogP contribution in [0, 0.1) is 6.92 Å². The molecule has 0 spiro atoms. The van der Waals surface area contributed by atoms with Crippen molar-refractivity contribution < 1.29 is 9.84 Å². The fourth-order valence-corrected chi connectivity index (χ4v) is 3.69. The zero-order chi connectivity index (χ0) is 22.1. The number of para-hydroxylation sites is 1. The number of aryl methyl sites for hydroxylation is 1. The molecule has 1 heterocycles. The third-order valence-corrected chi connectivity index (χ3v) is 5.65. The molecule has 0 saturated carbocycles. The second-order valence-electron chi connectivity index (χ2n) is 8.32. The number of hydrogen-bond acceptors (Lipinski definition) is 4. The van der Waals surface area contributed by atoms with Crippen LogP contribution in [0.3, 0.4) is 0 Å². The normalized spacial score (nSPS) is 16.2. The van der Waals surface area contributed by atoms with Gasteiger partial charge in [-0.1, -0.05) is 42.5 Å². The average Bonchev–Trinajstić information content (AvgIpc) is 2.78. The van der Waals surface area contributed by atoms with Crippen molar-refractivity contribution in [1.29, 1.82) is 0 Å². The molecule has 3 rings (SSSR count). The Bertz CT molecular complexity index is 836.